The first-order chi connectivity index (χ1) is 36.5. The molecule has 0 spiro atoms. The minimum absolute atomic E-state index is 0.0740. The molecule has 0 radical (unpaired) electrons. The molecule has 0 saturated heterocycles. The van der Waals surface area contributed by atoms with Crippen molar-refractivity contribution in [2.75, 3.05) is 13.2 Å². The van der Waals surface area contributed by atoms with Crippen molar-refractivity contribution in [1.82, 2.24) is 0 Å². The van der Waals surface area contributed by atoms with Gasteiger partial charge in [0, 0.05) is 12.8 Å². The Morgan fingerprint density at radius 1 is 0.297 bits per heavy atom. The van der Waals surface area contributed by atoms with Crippen molar-refractivity contribution in [3.63, 3.8) is 0 Å². The van der Waals surface area contributed by atoms with Gasteiger partial charge in [-0.05, 0) is 135 Å². The highest BCUT2D eigenvalue weighted by molar-refractivity contribution is 5.72. The summed E-state index contributed by atoms with van der Waals surface area (Å²) in [4.78, 5) is 38.1. The molecule has 0 heterocycles. The third-order valence-corrected chi connectivity index (χ3v) is 11.2. The third-order valence-electron chi connectivity index (χ3n) is 11.2. The fraction of sp³-hybridized carbons (Fsp3) is 0.515. The van der Waals surface area contributed by atoms with Gasteiger partial charge in [-0.1, -0.05) is 235 Å². The largest absolute Gasteiger partial charge is 0.462 e. The molecule has 0 aliphatic heterocycles. The average molecular weight is 1020 g/mol. The Hall–Kier alpha value is -5.49. The molecule has 0 bridgehead atoms. The zero-order valence-electron chi connectivity index (χ0n) is 46.8. The second-order valence-corrected chi connectivity index (χ2v) is 18.1. The molecule has 74 heavy (non-hydrogen) atoms. The Kier molecular flexibility index (Phi) is 55.6. The van der Waals surface area contributed by atoms with Crippen LogP contribution in [0.5, 0.6) is 0 Å². The second kappa shape index (κ2) is 60.1. The molecule has 1 atom stereocenters. The molecule has 0 aromatic heterocycles. The van der Waals surface area contributed by atoms with Crippen molar-refractivity contribution in [2.24, 2.45) is 0 Å². The van der Waals surface area contributed by atoms with Crippen LogP contribution in [0.1, 0.15) is 207 Å². The van der Waals surface area contributed by atoms with Gasteiger partial charge in [-0.2, -0.15) is 0 Å². The summed E-state index contributed by atoms with van der Waals surface area (Å²) in [5.74, 6) is -1.15. The van der Waals surface area contributed by atoms with Gasteiger partial charge in [0.1, 0.15) is 13.2 Å². The highest BCUT2D eigenvalue weighted by atomic mass is 16.6. The van der Waals surface area contributed by atoms with Gasteiger partial charge in [0.2, 0.25) is 0 Å². The number of hydrogen-bond donors (Lipinski definition) is 0. The SMILES string of the molecule is CC/C=C\C/C=C\C/C=C\C/C=C\C/C=C\C/C=C\C/C=C\C/C=C\CCCCC(=O)OCC(COC(=O)CCCCCCC/C=C\C/C=C\CCCC)OC(=O)C/C=C\C/C=C\C/C=C\C/C=C\C/C=C\CC. The minimum Gasteiger partial charge on any atom is -0.462 e. The van der Waals surface area contributed by atoms with Crippen molar-refractivity contribution in [1.29, 1.82) is 0 Å². The number of esters is 3. The Labute approximate surface area is 453 Å². The van der Waals surface area contributed by atoms with Crippen LogP contribution in [0, 0.1) is 0 Å². The van der Waals surface area contributed by atoms with Gasteiger partial charge < -0.3 is 14.2 Å². The van der Waals surface area contributed by atoms with Crippen LogP contribution < -0.4 is 0 Å². The highest BCUT2D eigenvalue weighted by Crippen LogP contribution is 2.11. The predicted octanol–water partition coefficient (Wildman–Crippen LogP) is 19.7. The van der Waals surface area contributed by atoms with Gasteiger partial charge in [-0.25, -0.2) is 0 Å². The molecular formula is C68H102O6. The number of rotatable bonds is 49. The Morgan fingerprint density at radius 3 is 0.919 bits per heavy atom. The Morgan fingerprint density at radius 2 is 0.568 bits per heavy atom. The quantitative estimate of drug-likeness (QED) is 0.0261. The topological polar surface area (TPSA) is 78.9 Å². The van der Waals surface area contributed by atoms with Crippen molar-refractivity contribution < 1.29 is 28.6 Å². The van der Waals surface area contributed by atoms with Crippen LogP contribution in [0.4, 0.5) is 0 Å². The lowest BCUT2D eigenvalue weighted by Gasteiger charge is -2.18. The van der Waals surface area contributed by atoms with Crippen LogP contribution in [0.2, 0.25) is 0 Å². The fourth-order valence-electron chi connectivity index (χ4n) is 6.90. The summed E-state index contributed by atoms with van der Waals surface area (Å²) < 4.78 is 16.7. The molecule has 1 unspecified atom stereocenters. The van der Waals surface area contributed by atoms with Crippen molar-refractivity contribution in [3.05, 3.63) is 182 Å². The lowest BCUT2D eigenvalue weighted by atomic mass is 10.1. The van der Waals surface area contributed by atoms with E-state index in [9.17, 15) is 14.4 Å². The van der Waals surface area contributed by atoms with Crippen LogP contribution in [-0.4, -0.2) is 37.2 Å². The Balaban J connectivity index is 4.56. The first kappa shape index (κ1) is 68.5. The molecule has 0 aliphatic carbocycles. The molecule has 6 nitrogen and oxygen atoms in total. The minimum atomic E-state index is -0.867. The van der Waals surface area contributed by atoms with Gasteiger partial charge in [-0.15, -0.1) is 0 Å². The smallest absolute Gasteiger partial charge is 0.310 e. The van der Waals surface area contributed by atoms with Crippen LogP contribution in [0.15, 0.2) is 182 Å². The first-order valence-corrected chi connectivity index (χ1v) is 28.8. The zero-order chi connectivity index (χ0) is 53.6. The monoisotopic (exact) mass is 1010 g/mol. The van der Waals surface area contributed by atoms with Crippen molar-refractivity contribution >= 4 is 17.9 Å². The summed E-state index contributed by atoms with van der Waals surface area (Å²) in [7, 11) is 0. The number of hydrogen-bond acceptors (Lipinski definition) is 6. The standard InChI is InChI=1S/C68H102O6/c1-4-7-10-13-16-19-22-25-28-29-30-31-32-33-34-35-36-37-38-39-41-43-46-49-52-55-58-61-67(70)73-64-65(63-72-66(69)60-57-54-51-48-45-42-27-24-21-18-15-12-9-6-3)74-68(71)62-59-56-53-50-47-44-40-26-23-20-17-14-11-8-5-2/h7-8,10-11,15-20,24-28,30-31,33-34,36-37,39-41,46-47,49-50,56,59,65H,4-6,9,12-14,21-23,29,32,35,38,42-45,48,51-55,57-58,60-64H2,1-3H3/b10-7-,11-8-,18-15-,19-16-,20-17-,27-24-,28-25-,31-30-,34-33-,37-36-,40-26-,41-39-,49-46-,50-47-,59-56-. The average Bonchev–Trinajstić information content (AvgIpc) is 3.40. The van der Waals surface area contributed by atoms with Crippen molar-refractivity contribution in [3.8, 4) is 0 Å². The lowest BCUT2D eigenvalue weighted by molar-refractivity contribution is -0.166. The second-order valence-electron chi connectivity index (χ2n) is 18.1. The van der Waals surface area contributed by atoms with Gasteiger partial charge in [0.25, 0.3) is 0 Å². The number of carbonyl (C=O) groups excluding carboxylic acids is 3. The van der Waals surface area contributed by atoms with Gasteiger partial charge in [-0.3, -0.25) is 14.4 Å². The molecule has 0 aromatic carbocycles. The molecule has 0 aromatic rings. The van der Waals surface area contributed by atoms with E-state index in [4.69, 9.17) is 14.2 Å². The first-order valence-electron chi connectivity index (χ1n) is 28.8. The van der Waals surface area contributed by atoms with Crippen molar-refractivity contribution in [2.45, 2.75) is 213 Å². The molecular weight excluding hydrogens is 913 g/mol. The van der Waals surface area contributed by atoms with E-state index >= 15 is 0 Å². The van der Waals surface area contributed by atoms with E-state index in [1.54, 1.807) is 6.08 Å². The van der Waals surface area contributed by atoms with E-state index in [1.165, 1.54) is 19.3 Å². The summed E-state index contributed by atoms with van der Waals surface area (Å²) in [6, 6.07) is 0. The molecule has 0 rings (SSSR count). The van der Waals surface area contributed by atoms with E-state index in [0.717, 1.165) is 135 Å². The summed E-state index contributed by atoms with van der Waals surface area (Å²) in [6.45, 7) is 6.21. The lowest BCUT2D eigenvalue weighted by Crippen LogP contribution is -2.30. The number of carbonyl (C=O) groups is 3. The van der Waals surface area contributed by atoms with E-state index < -0.39 is 12.1 Å². The maximum atomic E-state index is 12.8. The maximum Gasteiger partial charge on any atom is 0.310 e. The molecule has 0 aliphatic rings. The fourth-order valence-corrected chi connectivity index (χ4v) is 6.90. The summed E-state index contributed by atoms with van der Waals surface area (Å²) in [5, 5.41) is 0. The van der Waals surface area contributed by atoms with Gasteiger partial charge in [0.15, 0.2) is 6.10 Å². The highest BCUT2D eigenvalue weighted by Gasteiger charge is 2.19. The number of allylic oxidation sites excluding steroid dienone is 29. The number of unbranched alkanes of at least 4 members (excludes halogenated alkanes) is 9. The van der Waals surface area contributed by atoms with Crippen LogP contribution >= 0.6 is 0 Å². The summed E-state index contributed by atoms with van der Waals surface area (Å²) >= 11 is 0. The molecule has 0 N–H and O–H groups in total. The molecule has 0 fully saturated rings. The predicted molar refractivity (Wildman–Crippen MR) is 320 cm³/mol. The third kappa shape index (κ3) is 57.4. The molecule has 6 heteroatoms. The molecule has 410 valence electrons. The number of ether oxygens (including phenoxy) is 3. The van der Waals surface area contributed by atoms with Crippen LogP contribution in [0.25, 0.3) is 0 Å². The van der Waals surface area contributed by atoms with Crippen LogP contribution in [0.3, 0.4) is 0 Å². The van der Waals surface area contributed by atoms with E-state index in [-0.39, 0.29) is 38.0 Å². The Bertz CT molecular complexity index is 1780. The summed E-state index contributed by atoms with van der Waals surface area (Å²) in [5.41, 5.74) is 0. The maximum absolute atomic E-state index is 12.8. The van der Waals surface area contributed by atoms with Gasteiger partial charge >= 0.3 is 17.9 Å². The van der Waals surface area contributed by atoms with Crippen LogP contribution in [-0.2, 0) is 28.6 Å². The summed E-state index contributed by atoms with van der Waals surface area (Å²) in [6.07, 6.45) is 90.5. The van der Waals surface area contributed by atoms with Gasteiger partial charge in [0.05, 0.1) is 6.42 Å². The molecule has 0 amide bonds. The molecule has 0 saturated carbocycles. The zero-order valence-corrected chi connectivity index (χ0v) is 46.8. The van der Waals surface area contributed by atoms with E-state index in [0.29, 0.717) is 19.3 Å². The van der Waals surface area contributed by atoms with E-state index in [1.807, 2.05) is 6.08 Å². The normalized spacial score (nSPS) is 13.5. The van der Waals surface area contributed by atoms with E-state index in [2.05, 4.69) is 191 Å².